The van der Waals surface area contributed by atoms with Gasteiger partial charge in [-0.15, -0.1) is 0 Å². The number of hydrogen-bond donors (Lipinski definition) is 1. The molecule has 25 heavy (non-hydrogen) atoms. The lowest BCUT2D eigenvalue weighted by atomic mass is 10.1. The van der Waals surface area contributed by atoms with Crippen molar-refractivity contribution in [2.75, 3.05) is 19.5 Å². The van der Waals surface area contributed by atoms with Crippen molar-refractivity contribution in [1.29, 1.82) is 0 Å². The molecule has 3 atom stereocenters. The fraction of sp³-hybridized carbons (Fsp3) is 0.562. The number of rotatable bonds is 5. The molecule has 0 radical (unpaired) electrons. The third-order valence-corrected chi connectivity index (χ3v) is 4.00. The van der Waals surface area contributed by atoms with Crippen molar-refractivity contribution in [3.05, 3.63) is 24.2 Å². The van der Waals surface area contributed by atoms with Crippen LogP contribution in [0.3, 0.4) is 0 Å². The number of methoxy groups -OCH3 is 1. The third-order valence-electron chi connectivity index (χ3n) is 4.00. The van der Waals surface area contributed by atoms with Crippen LogP contribution in [0.4, 0.5) is 10.6 Å². The second-order valence-electron chi connectivity index (χ2n) is 6.12. The van der Waals surface area contributed by atoms with Crippen LogP contribution in [0.15, 0.2) is 18.5 Å². The molecular formula is C16H22N4O5. The van der Waals surface area contributed by atoms with Gasteiger partial charge in [0.05, 0.1) is 24.0 Å². The van der Waals surface area contributed by atoms with Gasteiger partial charge in [0.1, 0.15) is 24.6 Å². The van der Waals surface area contributed by atoms with E-state index < -0.39 is 6.16 Å². The van der Waals surface area contributed by atoms with Crippen LogP contribution >= 0.6 is 0 Å². The molecule has 3 rings (SSSR count). The molecule has 0 saturated carbocycles. The maximum Gasteiger partial charge on any atom is 0.508 e. The largest absolute Gasteiger partial charge is 0.508 e. The first-order chi connectivity index (χ1) is 12.0. The van der Waals surface area contributed by atoms with Gasteiger partial charge in [-0.05, 0) is 26.0 Å². The summed E-state index contributed by atoms with van der Waals surface area (Å²) in [5.74, 6) is 0.393. The van der Waals surface area contributed by atoms with E-state index >= 15 is 0 Å². The van der Waals surface area contributed by atoms with E-state index in [1.54, 1.807) is 25.5 Å². The maximum atomic E-state index is 11.5. The summed E-state index contributed by atoms with van der Waals surface area (Å²) in [5, 5.41) is 4.23. The van der Waals surface area contributed by atoms with Crippen LogP contribution in [-0.4, -0.2) is 52.8 Å². The smallest absolute Gasteiger partial charge is 0.432 e. The number of aromatic nitrogens is 3. The Hall–Kier alpha value is -2.39. The van der Waals surface area contributed by atoms with Crippen LogP contribution in [0.5, 0.6) is 0 Å². The zero-order valence-electron chi connectivity index (χ0n) is 14.4. The summed E-state index contributed by atoms with van der Waals surface area (Å²) >= 11 is 0. The summed E-state index contributed by atoms with van der Waals surface area (Å²) in [6.07, 6.45) is 0.216. The Morgan fingerprint density at radius 1 is 1.48 bits per heavy atom. The zero-order chi connectivity index (χ0) is 18.0. The molecule has 0 bridgehead atoms. The van der Waals surface area contributed by atoms with Crippen molar-refractivity contribution < 1.29 is 23.7 Å². The number of anilines is 1. The van der Waals surface area contributed by atoms with Crippen molar-refractivity contribution >= 4 is 17.5 Å². The molecule has 1 aliphatic rings. The maximum absolute atomic E-state index is 11.5. The summed E-state index contributed by atoms with van der Waals surface area (Å²) in [7, 11) is 1.62. The molecule has 0 amide bonds. The van der Waals surface area contributed by atoms with Crippen molar-refractivity contribution in [2.24, 2.45) is 0 Å². The number of ether oxygens (including phenoxy) is 4. The van der Waals surface area contributed by atoms with Crippen LogP contribution in [0.2, 0.25) is 0 Å². The minimum atomic E-state index is -0.704. The van der Waals surface area contributed by atoms with Gasteiger partial charge in [-0.1, -0.05) is 0 Å². The van der Waals surface area contributed by atoms with Gasteiger partial charge in [0.2, 0.25) is 0 Å². The molecule has 1 aliphatic heterocycles. The second-order valence-corrected chi connectivity index (χ2v) is 6.12. The molecule has 2 aromatic heterocycles. The van der Waals surface area contributed by atoms with E-state index in [0.29, 0.717) is 17.8 Å². The number of hydrogen-bond acceptors (Lipinski definition) is 8. The second kappa shape index (κ2) is 7.24. The fourth-order valence-electron chi connectivity index (χ4n) is 2.90. The van der Waals surface area contributed by atoms with Gasteiger partial charge in [-0.25, -0.2) is 14.3 Å². The zero-order valence-corrected chi connectivity index (χ0v) is 14.4. The quantitative estimate of drug-likeness (QED) is 0.812. The fourth-order valence-corrected chi connectivity index (χ4v) is 2.90. The molecule has 2 aromatic rings. The highest BCUT2D eigenvalue weighted by atomic mass is 16.7. The summed E-state index contributed by atoms with van der Waals surface area (Å²) < 4.78 is 23.3. The van der Waals surface area contributed by atoms with Gasteiger partial charge in [0.25, 0.3) is 0 Å². The van der Waals surface area contributed by atoms with Crippen LogP contribution in [0, 0.1) is 0 Å². The first kappa shape index (κ1) is 17.4. The number of fused-ring (bicyclic) bond motifs is 1. The third kappa shape index (κ3) is 3.67. The SMILES string of the molecule is COC1CC(COC(=O)OC(C)C)OC1c1ccc2c(N)ncnn12. The molecule has 9 heteroatoms. The van der Waals surface area contributed by atoms with Gasteiger partial charge in [0, 0.05) is 13.5 Å². The van der Waals surface area contributed by atoms with E-state index in [0.717, 1.165) is 5.69 Å². The van der Waals surface area contributed by atoms with Crippen LogP contribution in [-0.2, 0) is 18.9 Å². The van der Waals surface area contributed by atoms with E-state index in [1.165, 1.54) is 6.33 Å². The number of nitrogens with two attached hydrogens (primary N) is 1. The molecule has 3 unspecified atom stereocenters. The Morgan fingerprint density at radius 2 is 2.28 bits per heavy atom. The van der Waals surface area contributed by atoms with Crippen LogP contribution in [0.25, 0.3) is 5.52 Å². The van der Waals surface area contributed by atoms with Gasteiger partial charge in [0.15, 0.2) is 5.82 Å². The van der Waals surface area contributed by atoms with Crippen LogP contribution in [0.1, 0.15) is 32.1 Å². The molecule has 1 fully saturated rings. The molecule has 2 N–H and O–H groups in total. The minimum absolute atomic E-state index is 0.0995. The summed E-state index contributed by atoms with van der Waals surface area (Å²) in [5.41, 5.74) is 7.38. The molecule has 0 aliphatic carbocycles. The van der Waals surface area contributed by atoms with Crippen molar-refractivity contribution in [1.82, 2.24) is 14.6 Å². The number of nitrogens with zero attached hydrogens (tertiary/aromatic N) is 3. The highest BCUT2D eigenvalue weighted by Gasteiger charge is 2.39. The van der Waals surface area contributed by atoms with Crippen LogP contribution < -0.4 is 5.73 Å². The molecule has 0 spiro atoms. The predicted molar refractivity (Wildman–Crippen MR) is 88.0 cm³/mol. The highest BCUT2D eigenvalue weighted by Crippen LogP contribution is 2.36. The van der Waals surface area contributed by atoms with Crippen molar-refractivity contribution in [3.8, 4) is 0 Å². The lowest BCUT2D eigenvalue weighted by Crippen LogP contribution is -2.21. The molecule has 3 heterocycles. The average molecular weight is 350 g/mol. The van der Waals surface area contributed by atoms with Gasteiger partial charge >= 0.3 is 6.16 Å². The lowest BCUT2D eigenvalue weighted by molar-refractivity contribution is -0.0385. The van der Waals surface area contributed by atoms with E-state index in [1.807, 2.05) is 12.1 Å². The van der Waals surface area contributed by atoms with E-state index in [2.05, 4.69) is 10.1 Å². The van der Waals surface area contributed by atoms with Gasteiger partial charge in [-0.3, -0.25) is 0 Å². The molecule has 1 saturated heterocycles. The Balaban J connectivity index is 1.71. The molecule has 9 nitrogen and oxygen atoms in total. The normalized spacial score (nSPS) is 23.3. The first-order valence-electron chi connectivity index (χ1n) is 8.09. The summed E-state index contributed by atoms with van der Waals surface area (Å²) in [6.45, 7) is 3.62. The highest BCUT2D eigenvalue weighted by molar-refractivity contribution is 5.65. The Kier molecular flexibility index (Phi) is 5.05. The van der Waals surface area contributed by atoms with Crippen molar-refractivity contribution in [2.45, 2.75) is 44.7 Å². The van der Waals surface area contributed by atoms with E-state index in [-0.39, 0.29) is 31.0 Å². The lowest BCUT2D eigenvalue weighted by Gasteiger charge is -2.17. The Labute approximate surface area is 145 Å². The monoisotopic (exact) mass is 350 g/mol. The van der Waals surface area contributed by atoms with E-state index in [4.69, 9.17) is 24.7 Å². The number of nitrogen functional groups attached to an aromatic ring is 1. The Bertz CT molecular complexity index is 747. The Morgan fingerprint density at radius 3 is 3.00 bits per heavy atom. The van der Waals surface area contributed by atoms with E-state index in [9.17, 15) is 4.79 Å². The summed E-state index contributed by atoms with van der Waals surface area (Å²) in [4.78, 5) is 15.5. The van der Waals surface area contributed by atoms with Gasteiger partial charge < -0.3 is 24.7 Å². The molecular weight excluding hydrogens is 328 g/mol. The summed E-state index contributed by atoms with van der Waals surface area (Å²) in [6, 6.07) is 3.72. The number of carbonyl (C=O) groups is 1. The standard InChI is InChI=1S/C16H22N4O5/c1-9(2)24-16(21)23-7-10-6-13(22-3)14(25-10)11-4-5-12-15(17)18-8-19-20(11)12/h4-5,8-10,13-14H,6-7H2,1-3H3,(H2,17,18,19). The molecule has 136 valence electrons. The first-order valence-corrected chi connectivity index (χ1v) is 8.09. The predicted octanol–water partition coefficient (Wildman–Crippen LogP) is 1.72. The van der Waals surface area contributed by atoms with Gasteiger partial charge in [-0.2, -0.15) is 5.10 Å². The average Bonchev–Trinajstić information content (AvgIpc) is 3.16. The minimum Gasteiger partial charge on any atom is -0.432 e. The topological polar surface area (TPSA) is 110 Å². The molecule has 0 aromatic carbocycles. The van der Waals surface area contributed by atoms with Crippen molar-refractivity contribution in [3.63, 3.8) is 0 Å². The number of carbonyl (C=O) groups excluding carboxylic acids is 1.